The van der Waals surface area contributed by atoms with Gasteiger partial charge in [-0.15, -0.1) is 0 Å². The Hall–Kier alpha value is -1.38. The second-order valence-corrected chi connectivity index (χ2v) is 11.7. The van der Waals surface area contributed by atoms with E-state index >= 15 is 0 Å². The predicted octanol–water partition coefficient (Wildman–Crippen LogP) is 6.32. The lowest BCUT2D eigenvalue weighted by molar-refractivity contribution is -0.142. The van der Waals surface area contributed by atoms with E-state index in [-0.39, 0.29) is 11.2 Å². The third-order valence-electron chi connectivity index (χ3n) is 10.2. The van der Waals surface area contributed by atoms with Gasteiger partial charge >= 0.3 is 0 Å². The van der Waals surface area contributed by atoms with Gasteiger partial charge in [0.2, 0.25) is 0 Å². The van der Waals surface area contributed by atoms with Crippen molar-refractivity contribution in [1.82, 2.24) is 4.90 Å². The Bertz CT molecular complexity index is 916. The van der Waals surface area contributed by atoms with Gasteiger partial charge < -0.3 is 9.64 Å². The molecule has 1 aromatic rings. The summed E-state index contributed by atoms with van der Waals surface area (Å²) in [5, 5.41) is 0. The Morgan fingerprint density at radius 2 is 1.90 bits per heavy atom. The van der Waals surface area contributed by atoms with E-state index in [2.05, 4.69) is 68.4 Å². The summed E-state index contributed by atoms with van der Waals surface area (Å²) in [4.78, 5) is 2.44. The molecule has 2 unspecified atom stereocenters. The molecule has 3 fully saturated rings. The van der Waals surface area contributed by atoms with E-state index in [1.54, 1.807) is 11.1 Å². The molecule has 166 valence electrons. The zero-order valence-electron chi connectivity index (χ0n) is 19.7. The van der Waals surface area contributed by atoms with Crippen molar-refractivity contribution in [3.8, 4) is 0 Å². The topological polar surface area (TPSA) is 12.5 Å². The van der Waals surface area contributed by atoms with E-state index in [0.717, 1.165) is 5.92 Å². The molecule has 6 atom stereocenters. The van der Waals surface area contributed by atoms with Crippen LogP contribution in [0.5, 0.6) is 0 Å². The quantitative estimate of drug-likeness (QED) is 0.568. The maximum absolute atomic E-state index is 7.39. The fraction of sp³-hybridized carbons (Fsp3) is 0.655. The lowest BCUT2D eigenvalue weighted by Crippen LogP contribution is -2.55. The van der Waals surface area contributed by atoms with Crippen LogP contribution in [0.1, 0.15) is 70.3 Å². The minimum atomic E-state index is 0.00615. The standard InChI is InChI=1S/C29H39NO/c1-27-16-15-24-19-23-11-13-25(30(2)3)20-28(23)17-18-29(24,31-28)26(27)14-12-22(27)10-9-21-7-5-4-6-8-21/h4-8,15,19,22,25-26H,9-14,16-18,20H2,1-3H3/t22?,25-,26+,27+,28+,29?/m0/s1. The van der Waals surface area contributed by atoms with Crippen LogP contribution in [-0.4, -0.2) is 36.2 Å². The first-order chi connectivity index (χ1) is 15.0. The number of allylic oxidation sites excluding steroid dienone is 1. The summed E-state index contributed by atoms with van der Waals surface area (Å²) in [5.41, 5.74) is 5.11. The van der Waals surface area contributed by atoms with Crippen molar-refractivity contribution in [2.45, 2.75) is 88.4 Å². The van der Waals surface area contributed by atoms with Crippen molar-refractivity contribution in [3.63, 3.8) is 0 Å². The molecule has 0 N–H and O–H groups in total. The van der Waals surface area contributed by atoms with Crippen molar-refractivity contribution in [3.05, 3.63) is 59.2 Å². The minimum absolute atomic E-state index is 0.00615. The van der Waals surface area contributed by atoms with Crippen molar-refractivity contribution in [2.24, 2.45) is 17.3 Å². The van der Waals surface area contributed by atoms with E-state index < -0.39 is 0 Å². The number of benzene rings is 1. The van der Waals surface area contributed by atoms with Crippen LogP contribution in [0.3, 0.4) is 0 Å². The molecule has 2 heterocycles. The Morgan fingerprint density at radius 1 is 1.06 bits per heavy atom. The highest BCUT2D eigenvalue weighted by Gasteiger charge is 2.66. The molecule has 2 aliphatic heterocycles. The summed E-state index contributed by atoms with van der Waals surface area (Å²) in [6, 6.07) is 11.8. The van der Waals surface area contributed by atoms with Gasteiger partial charge in [0, 0.05) is 6.04 Å². The largest absolute Gasteiger partial charge is 0.359 e. The second-order valence-electron chi connectivity index (χ2n) is 11.7. The summed E-state index contributed by atoms with van der Waals surface area (Å²) in [6.45, 7) is 2.61. The zero-order chi connectivity index (χ0) is 21.3. The van der Waals surface area contributed by atoms with Gasteiger partial charge in [0.25, 0.3) is 0 Å². The molecule has 2 heteroatoms. The Morgan fingerprint density at radius 3 is 2.71 bits per heavy atom. The molecule has 0 amide bonds. The van der Waals surface area contributed by atoms with Crippen molar-refractivity contribution in [1.29, 1.82) is 0 Å². The average molecular weight is 418 g/mol. The van der Waals surface area contributed by atoms with Crippen LogP contribution < -0.4 is 0 Å². The third kappa shape index (κ3) is 2.90. The molecule has 0 radical (unpaired) electrons. The van der Waals surface area contributed by atoms with E-state index in [4.69, 9.17) is 4.74 Å². The van der Waals surface area contributed by atoms with Crippen LogP contribution in [0.4, 0.5) is 0 Å². The van der Waals surface area contributed by atoms with Gasteiger partial charge in [-0.2, -0.15) is 0 Å². The summed E-state index contributed by atoms with van der Waals surface area (Å²) in [6.07, 6.45) is 17.9. The van der Waals surface area contributed by atoms with E-state index in [1.807, 2.05) is 0 Å². The van der Waals surface area contributed by atoms with Gasteiger partial charge in [-0.25, -0.2) is 0 Å². The van der Waals surface area contributed by atoms with E-state index in [0.29, 0.717) is 17.4 Å². The van der Waals surface area contributed by atoms with Gasteiger partial charge in [-0.3, -0.25) is 0 Å². The molecule has 31 heavy (non-hydrogen) atoms. The summed E-state index contributed by atoms with van der Waals surface area (Å²) in [5.74, 6) is 1.51. The lowest BCUT2D eigenvalue weighted by atomic mass is 9.58. The maximum atomic E-state index is 7.39. The SMILES string of the molecule is CN(C)[C@H]1CCC2=CC3=CC[C@]4(C)C(CCc5ccccc5)CC[C@H]4C34CC[C@]2(C1)O4. The summed E-state index contributed by atoms with van der Waals surface area (Å²) >= 11 is 0. The van der Waals surface area contributed by atoms with Gasteiger partial charge in [-0.1, -0.05) is 49.4 Å². The molecular formula is C29H39NO. The van der Waals surface area contributed by atoms with E-state index in [9.17, 15) is 0 Å². The number of nitrogens with zero attached hydrogens (tertiary/aromatic N) is 1. The zero-order valence-corrected chi connectivity index (χ0v) is 19.7. The first-order valence-electron chi connectivity index (χ1n) is 12.8. The molecule has 2 saturated carbocycles. The number of hydrogen-bond donors (Lipinski definition) is 0. The highest BCUT2D eigenvalue weighted by atomic mass is 16.5. The lowest BCUT2D eigenvalue weighted by Gasteiger charge is -2.54. The van der Waals surface area contributed by atoms with Crippen LogP contribution in [-0.2, 0) is 11.2 Å². The molecule has 6 rings (SSSR count). The molecule has 1 saturated heterocycles. The number of rotatable bonds is 4. The molecule has 5 aliphatic rings. The normalized spacial score (nSPS) is 43.2. The van der Waals surface area contributed by atoms with Crippen LogP contribution in [0, 0.1) is 17.3 Å². The fourth-order valence-electron chi connectivity index (χ4n) is 8.38. The summed E-state index contributed by atoms with van der Waals surface area (Å²) in [7, 11) is 4.50. The fourth-order valence-corrected chi connectivity index (χ4v) is 8.38. The molecule has 2 spiro atoms. The predicted molar refractivity (Wildman–Crippen MR) is 127 cm³/mol. The molecule has 3 aliphatic carbocycles. The van der Waals surface area contributed by atoms with Crippen molar-refractivity contribution >= 4 is 0 Å². The highest BCUT2D eigenvalue weighted by molar-refractivity contribution is 5.47. The van der Waals surface area contributed by atoms with Crippen molar-refractivity contribution in [2.75, 3.05) is 14.1 Å². The van der Waals surface area contributed by atoms with Crippen LogP contribution in [0.25, 0.3) is 0 Å². The summed E-state index contributed by atoms with van der Waals surface area (Å²) < 4.78 is 7.39. The Labute approximate surface area is 188 Å². The first-order valence-corrected chi connectivity index (χ1v) is 12.8. The number of ether oxygens (including phenoxy) is 1. The molecule has 2 bridgehead atoms. The van der Waals surface area contributed by atoms with Crippen LogP contribution >= 0.6 is 0 Å². The van der Waals surface area contributed by atoms with Gasteiger partial charge in [0.15, 0.2) is 0 Å². The van der Waals surface area contributed by atoms with Gasteiger partial charge in [0.1, 0.15) is 0 Å². The average Bonchev–Trinajstić information content (AvgIpc) is 3.27. The number of fused-ring (bicyclic) bond motifs is 1. The first kappa shape index (κ1) is 20.2. The molecule has 2 nitrogen and oxygen atoms in total. The Balaban J connectivity index is 1.29. The van der Waals surface area contributed by atoms with Crippen LogP contribution in [0.2, 0.25) is 0 Å². The molecule has 1 aromatic carbocycles. The van der Waals surface area contributed by atoms with Gasteiger partial charge in [-0.05, 0) is 112 Å². The monoisotopic (exact) mass is 417 g/mol. The third-order valence-corrected chi connectivity index (χ3v) is 10.2. The minimum Gasteiger partial charge on any atom is -0.359 e. The molecule has 0 aromatic heterocycles. The maximum Gasteiger partial charge on any atom is 0.0974 e. The Kier molecular flexibility index (Phi) is 4.61. The van der Waals surface area contributed by atoms with Crippen LogP contribution in [0.15, 0.2) is 53.6 Å². The number of hydrogen-bond acceptors (Lipinski definition) is 2. The smallest absolute Gasteiger partial charge is 0.0974 e. The van der Waals surface area contributed by atoms with E-state index in [1.165, 1.54) is 69.8 Å². The number of aryl methyl sites for hydroxylation is 1. The van der Waals surface area contributed by atoms with Crippen molar-refractivity contribution < 1.29 is 4.74 Å². The van der Waals surface area contributed by atoms with Gasteiger partial charge in [0.05, 0.1) is 11.2 Å². The molecular weight excluding hydrogens is 378 g/mol. The highest BCUT2D eigenvalue weighted by Crippen LogP contribution is 2.68. The second kappa shape index (κ2) is 7.06.